The van der Waals surface area contributed by atoms with Crippen molar-refractivity contribution in [1.29, 1.82) is 0 Å². The minimum atomic E-state index is 0.0257. The van der Waals surface area contributed by atoms with Crippen LogP contribution in [0.25, 0.3) is 0 Å². The number of aromatic nitrogens is 1. The molecule has 0 bridgehead atoms. The zero-order valence-corrected chi connectivity index (χ0v) is 11.6. The summed E-state index contributed by atoms with van der Waals surface area (Å²) in [5, 5.41) is 2.77. The van der Waals surface area contributed by atoms with Crippen molar-refractivity contribution in [2.75, 3.05) is 25.9 Å². The Balaban J connectivity index is 2.68. The standard InChI is InChI=1S/C13H22N4O/c1-5-15-12(18)8-17(4)7-11-10(3)13(14)9(2)6-16-11/h6H,5,7-8H2,1-4H3,(H2,14,16)(H,15,18). The van der Waals surface area contributed by atoms with E-state index in [-0.39, 0.29) is 5.91 Å². The van der Waals surface area contributed by atoms with E-state index in [1.165, 1.54) is 0 Å². The molecule has 0 fully saturated rings. The lowest BCUT2D eigenvalue weighted by molar-refractivity contribution is -0.121. The minimum Gasteiger partial charge on any atom is -0.398 e. The van der Waals surface area contributed by atoms with E-state index in [4.69, 9.17) is 5.73 Å². The highest BCUT2D eigenvalue weighted by Gasteiger charge is 2.11. The fraction of sp³-hybridized carbons (Fsp3) is 0.538. The molecule has 0 unspecified atom stereocenters. The van der Waals surface area contributed by atoms with Gasteiger partial charge in [-0.05, 0) is 38.9 Å². The molecule has 1 amide bonds. The monoisotopic (exact) mass is 250 g/mol. The molecular formula is C13H22N4O. The largest absolute Gasteiger partial charge is 0.398 e. The van der Waals surface area contributed by atoms with Gasteiger partial charge in [0.15, 0.2) is 0 Å². The third kappa shape index (κ3) is 3.70. The molecule has 18 heavy (non-hydrogen) atoms. The first-order valence-corrected chi connectivity index (χ1v) is 6.11. The van der Waals surface area contributed by atoms with Crippen LogP contribution in [0.5, 0.6) is 0 Å². The Labute approximate surface area is 108 Å². The van der Waals surface area contributed by atoms with Gasteiger partial charge in [-0.3, -0.25) is 14.7 Å². The number of nitrogens with zero attached hydrogens (tertiary/aromatic N) is 2. The number of carbonyl (C=O) groups excluding carboxylic acids is 1. The van der Waals surface area contributed by atoms with Crippen LogP contribution in [0.2, 0.25) is 0 Å². The Hall–Kier alpha value is -1.62. The molecule has 0 atom stereocenters. The first-order valence-electron chi connectivity index (χ1n) is 6.11. The summed E-state index contributed by atoms with van der Waals surface area (Å²) in [6.07, 6.45) is 1.78. The third-order valence-electron chi connectivity index (χ3n) is 2.88. The topological polar surface area (TPSA) is 71.2 Å². The van der Waals surface area contributed by atoms with Gasteiger partial charge in [0.2, 0.25) is 5.91 Å². The van der Waals surface area contributed by atoms with E-state index in [1.54, 1.807) is 6.20 Å². The van der Waals surface area contributed by atoms with E-state index in [0.29, 0.717) is 19.6 Å². The number of anilines is 1. The van der Waals surface area contributed by atoms with Gasteiger partial charge in [-0.25, -0.2) is 0 Å². The molecule has 0 spiro atoms. The summed E-state index contributed by atoms with van der Waals surface area (Å²) in [6, 6.07) is 0. The zero-order valence-electron chi connectivity index (χ0n) is 11.6. The average molecular weight is 250 g/mol. The predicted octanol–water partition coefficient (Wildman–Crippen LogP) is 0.849. The van der Waals surface area contributed by atoms with Crippen molar-refractivity contribution in [3.8, 4) is 0 Å². The van der Waals surface area contributed by atoms with Crippen molar-refractivity contribution >= 4 is 11.6 Å². The van der Waals surface area contributed by atoms with Gasteiger partial charge in [0.25, 0.3) is 0 Å². The van der Waals surface area contributed by atoms with Crippen LogP contribution in [0, 0.1) is 13.8 Å². The second-order valence-electron chi connectivity index (χ2n) is 4.55. The molecule has 1 rings (SSSR count). The van der Waals surface area contributed by atoms with Gasteiger partial charge in [-0.15, -0.1) is 0 Å². The maximum atomic E-state index is 11.5. The van der Waals surface area contributed by atoms with Crippen LogP contribution in [0.3, 0.4) is 0 Å². The number of hydrogen-bond acceptors (Lipinski definition) is 4. The van der Waals surface area contributed by atoms with Gasteiger partial charge in [-0.1, -0.05) is 0 Å². The van der Waals surface area contributed by atoms with E-state index >= 15 is 0 Å². The fourth-order valence-electron chi connectivity index (χ4n) is 1.76. The number of amides is 1. The summed E-state index contributed by atoms with van der Waals surface area (Å²) in [6.45, 7) is 7.45. The Morgan fingerprint density at radius 2 is 2.17 bits per heavy atom. The van der Waals surface area contributed by atoms with Crippen LogP contribution in [0.1, 0.15) is 23.7 Å². The van der Waals surface area contributed by atoms with Crippen LogP contribution in [0.4, 0.5) is 5.69 Å². The molecule has 5 heteroatoms. The highest BCUT2D eigenvalue weighted by Crippen LogP contribution is 2.18. The van der Waals surface area contributed by atoms with Crippen LogP contribution in [-0.4, -0.2) is 35.9 Å². The molecule has 0 radical (unpaired) electrons. The summed E-state index contributed by atoms with van der Waals surface area (Å²) in [7, 11) is 1.90. The number of aryl methyl sites for hydroxylation is 1. The van der Waals surface area contributed by atoms with Gasteiger partial charge in [0, 0.05) is 25.0 Å². The number of nitrogen functional groups attached to an aromatic ring is 1. The molecule has 5 nitrogen and oxygen atoms in total. The van der Waals surface area contributed by atoms with E-state index in [2.05, 4.69) is 10.3 Å². The first kappa shape index (κ1) is 14.4. The summed E-state index contributed by atoms with van der Waals surface area (Å²) in [5.74, 6) is 0.0257. The Morgan fingerprint density at radius 1 is 1.50 bits per heavy atom. The molecule has 0 aliphatic rings. The number of rotatable bonds is 5. The first-order chi connectivity index (χ1) is 8.45. The van der Waals surface area contributed by atoms with Crippen molar-refractivity contribution in [1.82, 2.24) is 15.2 Å². The third-order valence-corrected chi connectivity index (χ3v) is 2.88. The Bertz CT molecular complexity index is 431. The van der Waals surface area contributed by atoms with E-state index in [9.17, 15) is 4.79 Å². The van der Waals surface area contributed by atoms with Crippen LogP contribution in [0.15, 0.2) is 6.20 Å². The predicted molar refractivity (Wildman–Crippen MR) is 73.1 cm³/mol. The highest BCUT2D eigenvalue weighted by atomic mass is 16.1. The molecule has 0 aliphatic carbocycles. The number of pyridine rings is 1. The maximum Gasteiger partial charge on any atom is 0.234 e. The SMILES string of the molecule is CCNC(=O)CN(C)Cc1ncc(C)c(N)c1C. The van der Waals surface area contributed by atoms with E-state index in [0.717, 1.165) is 22.5 Å². The average Bonchev–Trinajstić information content (AvgIpc) is 2.30. The quantitative estimate of drug-likeness (QED) is 0.812. The molecule has 100 valence electrons. The van der Waals surface area contributed by atoms with Gasteiger partial charge in [-0.2, -0.15) is 0 Å². The van der Waals surface area contributed by atoms with Crippen molar-refractivity contribution in [3.63, 3.8) is 0 Å². The lowest BCUT2D eigenvalue weighted by Gasteiger charge is -2.18. The van der Waals surface area contributed by atoms with Crippen LogP contribution < -0.4 is 11.1 Å². The van der Waals surface area contributed by atoms with Gasteiger partial charge >= 0.3 is 0 Å². The summed E-state index contributed by atoms with van der Waals surface area (Å²) in [5.41, 5.74) is 9.66. The number of carbonyl (C=O) groups is 1. The Morgan fingerprint density at radius 3 is 2.78 bits per heavy atom. The lowest BCUT2D eigenvalue weighted by Crippen LogP contribution is -2.35. The molecule has 1 aromatic heterocycles. The van der Waals surface area contributed by atoms with Crippen LogP contribution >= 0.6 is 0 Å². The van der Waals surface area contributed by atoms with Crippen molar-refractivity contribution in [3.05, 3.63) is 23.0 Å². The molecule has 1 aromatic rings. The highest BCUT2D eigenvalue weighted by molar-refractivity contribution is 5.77. The summed E-state index contributed by atoms with van der Waals surface area (Å²) >= 11 is 0. The maximum absolute atomic E-state index is 11.5. The van der Waals surface area contributed by atoms with Crippen molar-refractivity contribution < 1.29 is 4.79 Å². The van der Waals surface area contributed by atoms with E-state index < -0.39 is 0 Å². The number of hydrogen-bond donors (Lipinski definition) is 2. The number of nitrogens with one attached hydrogen (secondary N) is 1. The molecule has 0 aromatic carbocycles. The fourth-order valence-corrected chi connectivity index (χ4v) is 1.76. The molecule has 1 heterocycles. The van der Waals surface area contributed by atoms with E-state index in [1.807, 2.05) is 32.7 Å². The molecular weight excluding hydrogens is 228 g/mol. The normalized spacial score (nSPS) is 10.7. The second-order valence-corrected chi connectivity index (χ2v) is 4.55. The summed E-state index contributed by atoms with van der Waals surface area (Å²) in [4.78, 5) is 17.8. The minimum absolute atomic E-state index is 0.0257. The van der Waals surface area contributed by atoms with Crippen LogP contribution in [-0.2, 0) is 11.3 Å². The molecule has 0 aliphatic heterocycles. The second kappa shape index (κ2) is 6.35. The lowest BCUT2D eigenvalue weighted by atomic mass is 10.1. The summed E-state index contributed by atoms with van der Waals surface area (Å²) < 4.78 is 0. The zero-order chi connectivity index (χ0) is 13.7. The molecule has 0 saturated heterocycles. The van der Waals surface area contributed by atoms with Gasteiger partial charge < -0.3 is 11.1 Å². The van der Waals surface area contributed by atoms with Crippen molar-refractivity contribution in [2.24, 2.45) is 0 Å². The molecule has 0 saturated carbocycles. The smallest absolute Gasteiger partial charge is 0.234 e. The number of likely N-dealkylation sites (N-methyl/N-ethyl adjacent to an activating group) is 2. The number of nitrogens with two attached hydrogens (primary N) is 1. The van der Waals surface area contributed by atoms with Crippen molar-refractivity contribution in [2.45, 2.75) is 27.3 Å². The van der Waals surface area contributed by atoms with Gasteiger partial charge in [0.1, 0.15) is 0 Å². The Kier molecular flexibility index (Phi) is 5.09. The molecule has 3 N–H and O–H groups in total. The van der Waals surface area contributed by atoms with Gasteiger partial charge in [0.05, 0.1) is 12.2 Å².